The van der Waals surface area contributed by atoms with E-state index >= 15 is 0 Å². The molecule has 3 rings (SSSR count). The van der Waals surface area contributed by atoms with Crippen LogP contribution in [0.25, 0.3) is 0 Å². The third-order valence-corrected chi connectivity index (χ3v) is 19.6. The fourth-order valence-electron chi connectivity index (χ4n) is 13.3. The van der Waals surface area contributed by atoms with Gasteiger partial charge in [-0.1, -0.05) is 294 Å². The summed E-state index contributed by atoms with van der Waals surface area (Å²) in [5, 5.41) is 121. The number of carbonyl (C=O) groups is 1. The second-order valence-corrected chi connectivity index (χ2v) is 28.2. The maximum Gasteiger partial charge on any atom is 0.220 e. The highest BCUT2D eigenvalue weighted by molar-refractivity contribution is 5.76. The molecule has 0 aromatic rings. The minimum Gasteiger partial charge on any atom is -0.394 e. The van der Waals surface area contributed by atoms with Crippen molar-refractivity contribution in [2.24, 2.45) is 0 Å². The smallest absolute Gasteiger partial charge is 0.220 e. The second kappa shape index (κ2) is 59.2. The van der Waals surface area contributed by atoms with Crippen LogP contribution in [0.4, 0.5) is 0 Å². The van der Waals surface area contributed by atoms with Gasteiger partial charge in [0.05, 0.1) is 38.6 Å². The molecule has 0 aromatic carbocycles. The molecule has 3 aliphatic rings. The first-order valence-electron chi connectivity index (χ1n) is 39.4. The summed E-state index contributed by atoms with van der Waals surface area (Å²) in [5.74, 6) is -0.272. The zero-order chi connectivity index (χ0) is 70.4. The summed E-state index contributed by atoms with van der Waals surface area (Å²) in [7, 11) is 0. The van der Waals surface area contributed by atoms with E-state index < -0.39 is 124 Å². The molecule has 0 aliphatic carbocycles. The van der Waals surface area contributed by atoms with E-state index in [2.05, 4.69) is 55.6 Å². The second-order valence-electron chi connectivity index (χ2n) is 28.2. The first-order valence-corrected chi connectivity index (χ1v) is 39.4. The quantitative estimate of drug-likeness (QED) is 0.0199. The lowest BCUT2D eigenvalue weighted by Crippen LogP contribution is -2.66. The average molecular weight is 1380 g/mol. The number of aliphatic hydroxyl groups is 11. The topological polar surface area (TPSA) is 307 Å². The van der Waals surface area contributed by atoms with Crippen molar-refractivity contribution in [3.05, 3.63) is 48.6 Å². The Bertz CT molecular complexity index is 1940. The van der Waals surface area contributed by atoms with Crippen molar-refractivity contribution in [1.29, 1.82) is 0 Å². The standard InChI is InChI=1S/C78H143NO18/c1-3-5-7-9-11-13-15-17-18-19-20-21-22-23-24-25-26-27-28-29-30-31-32-33-34-35-36-37-38-39-40-41-42-44-46-48-50-52-54-56-66(84)79-61(62(83)55-53-51-49-47-45-43-16-14-12-10-8-6-4-2)60-92-76-72(90)69(87)74(64(58-81)94-76)97-78-73(91)70(88)75(65(59-82)95-78)96-77-71(89)68(86)67(85)63(57-80)93-77/h15,17,19-20,22-23,53,55,61-65,67-78,80-83,85-91H,3-14,16,18,21,24-52,54,56-60H2,1-2H3,(H,79,84)/b17-15-,20-19-,23-22-,55-53+. The van der Waals surface area contributed by atoms with Gasteiger partial charge in [0.15, 0.2) is 18.9 Å². The van der Waals surface area contributed by atoms with E-state index in [1.54, 1.807) is 6.08 Å². The third kappa shape index (κ3) is 39.8. The number of aliphatic hydroxyl groups excluding tert-OH is 11. The lowest BCUT2D eigenvalue weighted by atomic mass is 9.96. The highest BCUT2D eigenvalue weighted by atomic mass is 16.8. The maximum atomic E-state index is 13.4. The monoisotopic (exact) mass is 1380 g/mol. The SMILES string of the molecule is CCCCCCC/C=C\C/C=C\C/C=C\CCCCCCCCCCCCCCCCCCCCCCCCCCC(=O)NC(COC1OC(CO)C(OC2OC(CO)C(OC3OC(CO)C(O)C(O)C3O)C(O)C2O)C(O)C1O)C(O)/C=C/CCCCCCCCCCCCC. The average Bonchev–Trinajstić information content (AvgIpc) is 0.809. The summed E-state index contributed by atoms with van der Waals surface area (Å²) in [6.45, 7) is 1.73. The zero-order valence-corrected chi connectivity index (χ0v) is 60.6. The number of rotatable bonds is 62. The van der Waals surface area contributed by atoms with Crippen LogP contribution in [-0.4, -0.2) is 193 Å². The van der Waals surface area contributed by atoms with Crippen LogP contribution in [0.3, 0.4) is 0 Å². The van der Waals surface area contributed by atoms with Crippen LogP contribution in [0.5, 0.6) is 0 Å². The van der Waals surface area contributed by atoms with E-state index in [0.717, 1.165) is 57.8 Å². The van der Waals surface area contributed by atoms with Gasteiger partial charge in [-0.2, -0.15) is 0 Å². The van der Waals surface area contributed by atoms with Gasteiger partial charge < -0.3 is 89.9 Å². The van der Waals surface area contributed by atoms with E-state index in [9.17, 15) is 61.0 Å². The molecule has 1 amide bonds. The third-order valence-electron chi connectivity index (χ3n) is 19.6. The van der Waals surface area contributed by atoms with Gasteiger partial charge in [0.2, 0.25) is 5.91 Å². The van der Waals surface area contributed by atoms with Crippen LogP contribution in [0, 0.1) is 0 Å². The first kappa shape index (κ1) is 89.0. The number of nitrogens with one attached hydrogen (secondary N) is 1. The predicted octanol–water partition coefficient (Wildman–Crippen LogP) is 12.5. The number of hydrogen-bond acceptors (Lipinski definition) is 18. The van der Waals surface area contributed by atoms with Gasteiger partial charge in [-0.05, 0) is 57.8 Å². The van der Waals surface area contributed by atoms with Crippen molar-refractivity contribution in [3.63, 3.8) is 0 Å². The Hall–Kier alpha value is -2.25. The molecule has 17 atom stereocenters. The molecule has 0 spiro atoms. The Balaban J connectivity index is 1.28. The van der Waals surface area contributed by atoms with Crippen molar-refractivity contribution in [3.8, 4) is 0 Å². The Kier molecular flexibility index (Phi) is 54.3. The molecule has 0 saturated carbocycles. The fraction of sp³-hybridized carbons (Fsp3) is 0.885. The van der Waals surface area contributed by atoms with Crippen molar-refractivity contribution in [2.45, 2.75) is 413 Å². The van der Waals surface area contributed by atoms with Gasteiger partial charge in [-0.15, -0.1) is 0 Å². The largest absolute Gasteiger partial charge is 0.394 e. The normalized spacial score (nSPS) is 27.1. The number of unbranched alkanes of at least 4 members (excludes halogenated alkanes) is 40. The lowest BCUT2D eigenvalue weighted by Gasteiger charge is -2.48. The van der Waals surface area contributed by atoms with Gasteiger partial charge in [-0.3, -0.25) is 4.79 Å². The van der Waals surface area contributed by atoms with Crippen LogP contribution >= 0.6 is 0 Å². The Morgan fingerprint density at radius 2 is 0.680 bits per heavy atom. The molecule has 19 heteroatoms. The molecular weight excluding hydrogens is 1240 g/mol. The summed E-state index contributed by atoms with van der Waals surface area (Å²) < 4.78 is 34.4. The van der Waals surface area contributed by atoms with Crippen LogP contribution < -0.4 is 5.32 Å². The van der Waals surface area contributed by atoms with Gasteiger partial charge >= 0.3 is 0 Å². The van der Waals surface area contributed by atoms with E-state index in [-0.39, 0.29) is 18.9 Å². The van der Waals surface area contributed by atoms with Crippen LogP contribution in [0.2, 0.25) is 0 Å². The number of carbonyl (C=O) groups excluding carboxylic acids is 1. The maximum absolute atomic E-state index is 13.4. The minimum absolute atomic E-state index is 0.247. The van der Waals surface area contributed by atoms with E-state index in [1.807, 2.05) is 6.08 Å². The molecule has 12 N–H and O–H groups in total. The molecule has 3 saturated heterocycles. The van der Waals surface area contributed by atoms with E-state index in [4.69, 9.17) is 28.4 Å². The molecule has 97 heavy (non-hydrogen) atoms. The van der Waals surface area contributed by atoms with E-state index in [0.29, 0.717) is 6.42 Å². The lowest BCUT2D eigenvalue weighted by molar-refractivity contribution is -0.379. The van der Waals surface area contributed by atoms with Gasteiger partial charge in [-0.25, -0.2) is 0 Å². The summed E-state index contributed by atoms with van der Waals surface area (Å²) in [6.07, 6.45) is 47.0. The molecule has 3 aliphatic heterocycles. The Morgan fingerprint density at radius 1 is 0.371 bits per heavy atom. The zero-order valence-electron chi connectivity index (χ0n) is 60.6. The molecule has 0 bridgehead atoms. The first-order chi connectivity index (χ1) is 47.3. The molecule has 3 fully saturated rings. The highest BCUT2D eigenvalue weighted by Gasteiger charge is 2.53. The van der Waals surface area contributed by atoms with Crippen LogP contribution in [0.15, 0.2) is 48.6 Å². The number of ether oxygens (including phenoxy) is 6. The number of amides is 1. The van der Waals surface area contributed by atoms with Gasteiger partial charge in [0, 0.05) is 6.42 Å². The molecule has 0 aromatic heterocycles. The van der Waals surface area contributed by atoms with E-state index in [1.165, 1.54) is 225 Å². The Labute approximate surface area is 586 Å². The highest BCUT2D eigenvalue weighted by Crippen LogP contribution is 2.33. The molecule has 568 valence electrons. The Morgan fingerprint density at radius 3 is 1.06 bits per heavy atom. The predicted molar refractivity (Wildman–Crippen MR) is 383 cm³/mol. The summed E-state index contributed by atoms with van der Waals surface area (Å²) >= 11 is 0. The van der Waals surface area contributed by atoms with Crippen LogP contribution in [0.1, 0.15) is 309 Å². The van der Waals surface area contributed by atoms with Crippen molar-refractivity contribution in [2.75, 3.05) is 26.4 Å². The number of allylic oxidation sites excluding steroid dienone is 7. The van der Waals surface area contributed by atoms with Crippen LogP contribution in [-0.2, 0) is 33.2 Å². The molecule has 17 unspecified atom stereocenters. The molecule has 0 radical (unpaired) electrons. The van der Waals surface area contributed by atoms with Crippen molar-refractivity contribution >= 4 is 5.91 Å². The molecule has 19 nitrogen and oxygen atoms in total. The number of hydrogen-bond donors (Lipinski definition) is 12. The molecular formula is C78H143NO18. The van der Waals surface area contributed by atoms with Gasteiger partial charge in [0.1, 0.15) is 73.2 Å². The fourth-order valence-corrected chi connectivity index (χ4v) is 13.3. The van der Waals surface area contributed by atoms with Crippen molar-refractivity contribution < 1.29 is 89.4 Å². The summed E-state index contributed by atoms with van der Waals surface area (Å²) in [4.78, 5) is 13.4. The molecule has 3 heterocycles. The minimum atomic E-state index is -1.98. The summed E-state index contributed by atoms with van der Waals surface area (Å²) in [5.41, 5.74) is 0. The van der Waals surface area contributed by atoms with Crippen molar-refractivity contribution in [1.82, 2.24) is 5.32 Å². The van der Waals surface area contributed by atoms with Gasteiger partial charge in [0.25, 0.3) is 0 Å². The summed E-state index contributed by atoms with van der Waals surface area (Å²) in [6, 6.07) is -0.971.